The highest BCUT2D eigenvalue weighted by Crippen LogP contribution is 2.28. The third kappa shape index (κ3) is 7.41. The summed E-state index contributed by atoms with van der Waals surface area (Å²) in [5, 5.41) is 1.48. The van der Waals surface area contributed by atoms with Gasteiger partial charge in [-0.05, 0) is 50.1 Å². The van der Waals surface area contributed by atoms with Gasteiger partial charge in [-0.1, -0.05) is 45.9 Å². The number of carbonyl (C=O) groups is 1. The van der Waals surface area contributed by atoms with Crippen LogP contribution in [0.15, 0.2) is 66.1 Å². The number of nitrogens with one attached hydrogen (secondary N) is 1. The van der Waals surface area contributed by atoms with Crippen LogP contribution in [0.4, 0.5) is 13.2 Å². The van der Waals surface area contributed by atoms with Crippen molar-refractivity contribution in [2.24, 2.45) is 0 Å². The lowest BCUT2D eigenvalue weighted by molar-refractivity contribution is -0.132. The minimum absolute atomic E-state index is 0.00743. The van der Waals surface area contributed by atoms with Crippen LogP contribution in [0.3, 0.4) is 0 Å². The molecule has 3 aromatic heterocycles. The second kappa shape index (κ2) is 14.8. The fourth-order valence-electron chi connectivity index (χ4n) is 4.29. The van der Waals surface area contributed by atoms with Crippen molar-refractivity contribution in [1.82, 2.24) is 28.8 Å². The highest BCUT2D eigenvalue weighted by molar-refractivity contribution is 5.83. The van der Waals surface area contributed by atoms with Crippen molar-refractivity contribution >= 4 is 23.0 Å². The summed E-state index contributed by atoms with van der Waals surface area (Å²) in [6.07, 6.45) is 2.96. The number of imidazole rings is 2. The molecule has 0 saturated heterocycles. The largest absolute Gasteiger partial charge is 0.405 e. The van der Waals surface area contributed by atoms with E-state index >= 15 is 0 Å². The Hall–Kier alpha value is -4.41. The van der Waals surface area contributed by atoms with Gasteiger partial charge in [0, 0.05) is 24.5 Å². The van der Waals surface area contributed by atoms with Gasteiger partial charge in [0.2, 0.25) is 6.41 Å². The normalized spacial score (nSPS) is 10.6. The lowest BCUT2D eigenvalue weighted by Gasteiger charge is -2.11. The minimum atomic E-state index is -4.29. The van der Waals surface area contributed by atoms with Crippen LogP contribution in [0.2, 0.25) is 0 Å². The monoisotopic (exact) mass is 570 g/mol. The summed E-state index contributed by atoms with van der Waals surface area (Å²) in [6, 6.07) is 12.2. The molecule has 11 heteroatoms. The Bertz CT molecular complexity index is 1630. The summed E-state index contributed by atoms with van der Waals surface area (Å²) in [6.45, 7) is 13.5. The Balaban J connectivity index is 0.000000422. The number of alkyl halides is 3. The van der Waals surface area contributed by atoms with Crippen molar-refractivity contribution < 1.29 is 18.0 Å². The number of hydrogen-bond donors (Lipinski definition) is 1. The number of carbonyl (C=O) groups excluding carboxylic acids is 1. The SMILES string of the molecule is CC.CC.CCn1c(=O)n(-c2ccc(-c3nccn4cncc34)cc2C)c2c(C)cccc21.O=CNCC(F)(F)F. The number of hydrogen-bond acceptors (Lipinski definition) is 4. The van der Waals surface area contributed by atoms with E-state index in [1.807, 2.05) is 105 Å². The van der Waals surface area contributed by atoms with Crippen molar-refractivity contribution in [1.29, 1.82) is 0 Å². The molecular formula is C30H37F3N6O2. The van der Waals surface area contributed by atoms with Crippen LogP contribution < -0.4 is 11.0 Å². The van der Waals surface area contributed by atoms with Crippen LogP contribution in [0.1, 0.15) is 45.7 Å². The number of benzene rings is 2. The highest BCUT2D eigenvalue weighted by atomic mass is 19.4. The van der Waals surface area contributed by atoms with E-state index in [2.05, 4.69) is 16.0 Å². The Labute approximate surface area is 237 Å². The van der Waals surface area contributed by atoms with Crippen LogP contribution in [0, 0.1) is 13.8 Å². The predicted molar refractivity (Wildman–Crippen MR) is 157 cm³/mol. The number of aromatic nitrogens is 5. The van der Waals surface area contributed by atoms with Crippen LogP contribution in [-0.4, -0.2) is 42.6 Å². The van der Waals surface area contributed by atoms with Gasteiger partial charge in [-0.25, -0.2) is 9.78 Å². The Kier molecular flexibility index (Phi) is 11.9. The average Bonchev–Trinajstić information content (AvgIpc) is 3.56. The van der Waals surface area contributed by atoms with Gasteiger partial charge in [0.25, 0.3) is 0 Å². The Morgan fingerprint density at radius 1 is 1.00 bits per heavy atom. The van der Waals surface area contributed by atoms with Crippen LogP contribution in [0.25, 0.3) is 33.5 Å². The molecule has 0 aliphatic carbocycles. The van der Waals surface area contributed by atoms with Crippen molar-refractivity contribution in [2.75, 3.05) is 6.54 Å². The molecule has 3 heterocycles. The smallest absolute Gasteiger partial charge is 0.350 e. The van der Waals surface area contributed by atoms with E-state index in [0.717, 1.165) is 44.6 Å². The average molecular weight is 571 g/mol. The molecule has 2 aromatic carbocycles. The van der Waals surface area contributed by atoms with Crippen LogP contribution >= 0.6 is 0 Å². The zero-order valence-corrected chi connectivity index (χ0v) is 24.5. The van der Waals surface area contributed by atoms with Gasteiger partial charge in [0.05, 0.1) is 40.5 Å². The number of fused-ring (bicyclic) bond motifs is 2. The third-order valence-electron chi connectivity index (χ3n) is 5.91. The first-order valence-electron chi connectivity index (χ1n) is 13.5. The molecule has 5 aromatic rings. The Morgan fingerprint density at radius 3 is 2.29 bits per heavy atom. The molecule has 0 unspecified atom stereocenters. The number of nitrogens with zero attached hydrogens (tertiary/aromatic N) is 5. The Morgan fingerprint density at radius 2 is 1.71 bits per heavy atom. The highest BCUT2D eigenvalue weighted by Gasteiger charge is 2.25. The van der Waals surface area contributed by atoms with E-state index in [4.69, 9.17) is 0 Å². The van der Waals surface area contributed by atoms with Crippen molar-refractivity contribution in [3.8, 4) is 16.9 Å². The number of para-hydroxylation sites is 1. The molecule has 0 radical (unpaired) electrons. The quantitative estimate of drug-likeness (QED) is 0.245. The van der Waals surface area contributed by atoms with Gasteiger partial charge < -0.3 is 9.72 Å². The summed E-state index contributed by atoms with van der Waals surface area (Å²) in [5.41, 5.74) is 7.75. The number of halogens is 3. The van der Waals surface area contributed by atoms with Crippen LogP contribution in [0.5, 0.6) is 0 Å². The molecule has 5 rings (SSSR count). The lowest BCUT2D eigenvalue weighted by atomic mass is 10.1. The maximum Gasteiger partial charge on any atom is 0.405 e. The molecule has 220 valence electrons. The number of aryl methyl sites for hydroxylation is 3. The molecule has 0 aliphatic heterocycles. The molecule has 0 atom stereocenters. The van der Waals surface area contributed by atoms with Gasteiger partial charge in [0.1, 0.15) is 6.54 Å². The first kappa shape index (κ1) is 32.8. The van der Waals surface area contributed by atoms with Crippen LogP contribution in [-0.2, 0) is 11.3 Å². The molecule has 0 spiro atoms. The van der Waals surface area contributed by atoms with Gasteiger partial charge >= 0.3 is 11.9 Å². The maximum atomic E-state index is 13.2. The fraction of sp³-hybridized carbons (Fsp3) is 0.333. The number of rotatable bonds is 5. The summed E-state index contributed by atoms with van der Waals surface area (Å²) >= 11 is 0. The number of amides is 1. The zero-order valence-electron chi connectivity index (χ0n) is 24.5. The predicted octanol–water partition coefficient (Wildman–Crippen LogP) is 6.49. The van der Waals surface area contributed by atoms with Gasteiger partial charge in [0.15, 0.2) is 0 Å². The fourth-order valence-corrected chi connectivity index (χ4v) is 4.29. The van der Waals surface area contributed by atoms with Gasteiger partial charge in [-0.3, -0.25) is 18.9 Å². The first-order chi connectivity index (χ1) is 19.7. The van der Waals surface area contributed by atoms with E-state index in [1.54, 1.807) is 12.5 Å². The molecule has 0 bridgehead atoms. The summed E-state index contributed by atoms with van der Waals surface area (Å²) in [7, 11) is 0. The molecule has 1 N–H and O–H groups in total. The maximum absolute atomic E-state index is 13.2. The molecule has 41 heavy (non-hydrogen) atoms. The summed E-state index contributed by atoms with van der Waals surface area (Å²) in [4.78, 5) is 31.2. The lowest BCUT2D eigenvalue weighted by Crippen LogP contribution is -2.27. The molecule has 0 saturated carbocycles. The summed E-state index contributed by atoms with van der Waals surface area (Å²) in [5.74, 6) is 0. The van der Waals surface area contributed by atoms with Crippen molar-refractivity contribution in [3.63, 3.8) is 0 Å². The third-order valence-corrected chi connectivity index (χ3v) is 5.91. The summed E-state index contributed by atoms with van der Waals surface area (Å²) < 4.78 is 38.7. The van der Waals surface area contributed by atoms with E-state index < -0.39 is 12.7 Å². The first-order valence-corrected chi connectivity index (χ1v) is 13.5. The second-order valence-electron chi connectivity index (χ2n) is 8.38. The second-order valence-corrected chi connectivity index (χ2v) is 8.38. The van der Waals surface area contributed by atoms with E-state index in [0.29, 0.717) is 6.54 Å². The molecule has 1 amide bonds. The zero-order chi connectivity index (χ0) is 30.7. The minimum Gasteiger partial charge on any atom is -0.350 e. The van der Waals surface area contributed by atoms with Crippen molar-refractivity contribution in [3.05, 3.63) is 82.9 Å². The molecule has 0 aliphatic rings. The van der Waals surface area contributed by atoms with E-state index in [1.165, 1.54) is 5.32 Å². The van der Waals surface area contributed by atoms with E-state index in [-0.39, 0.29) is 12.1 Å². The van der Waals surface area contributed by atoms with Gasteiger partial charge in [-0.2, -0.15) is 13.2 Å². The standard InChI is InChI=1S/C23H21N5O.C3H4F3NO.2C2H6/c1-4-27-19-7-5-6-15(2)22(19)28(23(27)29)18-9-8-17(12-16(18)3)21-20-13-24-14-26(20)11-10-25-21;4-3(5,6)1-7-2-8;2*1-2/h5-14H,4H2,1-3H3;2H,1H2,(H,7,8);2*1-2H3. The molecular weight excluding hydrogens is 533 g/mol. The van der Waals surface area contributed by atoms with Crippen molar-refractivity contribution in [2.45, 2.75) is 61.2 Å². The van der Waals surface area contributed by atoms with E-state index in [9.17, 15) is 22.8 Å². The molecule has 0 fully saturated rings. The topological polar surface area (TPSA) is 86.2 Å². The van der Waals surface area contributed by atoms with Gasteiger partial charge in [-0.15, -0.1) is 0 Å². The molecule has 8 nitrogen and oxygen atoms in total.